The van der Waals surface area contributed by atoms with E-state index in [2.05, 4.69) is 55.4 Å². The Labute approximate surface area is 213 Å². The average molecular weight is 497 g/mol. The smallest absolute Gasteiger partial charge is 0.225 e. The molecular weight excluding hydrogens is 456 g/mol. The number of carbonyl (C=O) groups excluding carboxylic acids is 1. The predicted molar refractivity (Wildman–Crippen MR) is 142 cm³/mol. The third-order valence-electron chi connectivity index (χ3n) is 9.06. The van der Waals surface area contributed by atoms with Crippen molar-refractivity contribution in [3.05, 3.63) is 46.5 Å². The largest absolute Gasteiger partial charge is 0.392 e. The maximum atomic E-state index is 13.3. The third kappa shape index (κ3) is 4.75. The van der Waals surface area contributed by atoms with Crippen molar-refractivity contribution < 1.29 is 9.90 Å². The second-order valence-corrected chi connectivity index (χ2v) is 12.5. The maximum Gasteiger partial charge on any atom is 0.225 e. The van der Waals surface area contributed by atoms with Crippen molar-refractivity contribution >= 4 is 22.4 Å². The van der Waals surface area contributed by atoms with Gasteiger partial charge in [-0.3, -0.25) is 4.79 Å². The van der Waals surface area contributed by atoms with E-state index in [-0.39, 0.29) is 35.0 Å². The quantitative estimate of drug-likeness (QED) is 0.649. The number of hydrogen-bond donors (Lipinski definition) is 2. The van der Waals surface area contributed by atoms with Crippen molar-refractivity contribution in [1.82, 2.24) is 14.8 Å². The molecule has 1 amide bonds. The lowest BCUT2D eigenvalue weighted by Gasteiger charge is -2.53. The van der Waals surface area contributed by atoms with Crippen LogP contribution in [0.2, 0.25) is 0 Å². The van der Waals surface area contributed by atoms with Crippen LogP contribution in [0.5, 0.6) is 0 Å². The fraction of sp³-hybridized carbons (Fsp3) is 0.643. The number of aromatic nitrogens is 1. The molecule has 2 heterocycles. The van der Waals surface area contributed by atoms with Crippen molar-refractivity contribution in [3.63, 3.8) is 0 Å². The highest BCUT2D eigenvalue weighted by Gasteiger charge is 2.54. The van der Waals surface area contributed by atoms with Crippen molar-refractivity contribution in [2.75, 3.05) is 38.5 Å². The molecule has 7 heteroatoms. The monoisotopic (exact) mass is 496 g/mol. The van der Waals surface area contributed by atoms with Crippen LogP contribution in [0.4, 0.5) is 5.13 Å². The van der Waals surface area contributed by atoms with Gasteiger partial charge in [0.1, 0.15) is 0 Å². The van der Waals surface area contributed by atoms with Crippen LogP contribution in [0.25, 0.3) is 0 Å². The zero-order chi connectivity index (χ0) is 24.7. The Kier molecular flexibility index (Phi) is 6.94. The van der Waals surface area contributed by atoms with Crippen LogP contribution in [-0.4, -0.2) is 65.1 Å². The molecule has 6 nitrogen and oxygen atoms in total. The molecule has 0 bridgehead atoms. The minimum absolute atomic E-state index is 0.0125. The molecule has 1 aromatic heterocycles. The molecule has 3 aliphatic rings. The minimum Gasteiger partial charge on any atom is -0.392 e. The Hall–Kier alpha value is -1.96. The van der Waals surface area contributed by atoms with E-state index in [1.807, 2.05) is 17.9 Å². The lowest BCUT2D eigenvalue weighted by molar-refractivity contribution is -0.146. The first-order valence-corrected chi connectivity index (χ1v) is 14.0. The number of likely N-dealkylation sites (N-methyl/N-ethyl adjacent to an activating group) is 1. The number of aliphatic hydroxyl groups is 1. The number of amides is 1. The Morgan fingerprint density at radius 2 is 1.97 bits per heavy atom. The van der Waals surface area contributed by atoms with E-state index in [1.165, 1.54) is 10.4 Å². The van der Waals surface area contributed by atoms with Gasteiger partial charge in [-0.1, -0.05) is 51.1 Å². The molecule has 1 saturated carbocycles. The summed E-state index contributed by atoms with van der Waals surface area (Å²) in [7, 11) is 2.11. The van der Waals surface area contributed by atoms with Crippen molar-refractivity contribution in [3.8, 4) is 0 Å². The summed E-state index contributed by atoms with van der Waals surface area (Å²) in [6, 6.07) is 10.4. The summed E-state index contributed by atoms with van der Waals surface area (Å²) in [4.78, 5) is 24.0. The second-order valence-electron chi connectivity index (χ2n) is 11.4. The molecule has 0 unspecified atom stereocenters. The molecule has 5 rings (SSSR count). The molecule has 2 N–H and O–H groups in total. The molecular formula is C28H40N4O2S. The van der Waals surface area contributed by atoms with Gasteiger partial charge in [-0.2, -0.15) is 0 Å². The van der Waals surface area contributed by atoms with Crippen LogP contribution in [0.3, 0.4) is 0 Å². The molecule has 0 radical (unpaired) electrons. The van der Waals surface area contributed by atoms with E-state index < -0.39 is 6.10 Å². The molecule has 190 valence electrons. The number of benzene rings is 1. The van der Waals surface area contributed by atoms with Gasteiger partial charge in [-0.25, -0.2) is 4.98 Å². The van der Waals surface area contributed by atoms with Crippen LogP contribution >= 0.6 is 11.3 Å². The molecule has 35 heavy (non-hydrogen) atoms. The van der Waals surface area contributed by atoms with E-state index in [0.29, 0.717) is 0 Å². The summed E-state index contributed by atoms with van der Waals surface area (Å²) in [6.07, 6.45) is 2.45. The van der Waals surface area contributed by atoms with E-state index in [4.69, 9.17) is 4.98 Å². The average Bonchev–Trinajstić information content (AvgIpc) is 3.25. The molecule has 2 fully saturated rings. The van der Waals surface area contributed by atoms with Crippen molar-refractivity contribution in [1.29, 1.82) is 0 Å². The SMILES string of the molecule is C[C@H](C(=O)N1CCN(C)CC1)[C@@H]1CC[C@@]2(C)Cc3sc(NCc4ccccc4)nc3[C@@H](C)[C@@H]2[C@H]1O. The molecule has 1 aromatic carbocycles. The molecule has 1 aliphatic heterocycles. The number of thiazole rings is 1. The van der Waals surface area contributed by atoms with Crippen LogP contribution in [-0.2, 0) is 17.8 Å². The molecule has 0 spiro atoms. The van der Waals surface area contributed by atoms with Gasteiger partial charge in [0.2, 0.25) is 5.91 Å². The number of nitrogens with zero attached hydrogens (tertiary/aromatic N) is 3. The summed E-state index contributed by atoms with van der Waals surface area (Å²) < 4.78 is 0. The van der Waals surface area contributed by atoms with Crippen molar-refractivity contribution in [2.24, 2.45) is 23.2 Å². The number of anilines is 1. The minimum atomic E-state index is -0.481. The number of hydrogen-bond acceptors (Lipinski definition) is 6. The molecule has 2 aromatic rings. The van der Waals surface area contributed by atoms with Crippen molar-refractivity contribution in [2.45, 2.75) is 58.6 Å². The van der Waals surface area contributed by atoms with Gasteiger partial charge in [0, 0.05) is 49.4 Å². The molecule has 2 aliphatic carbocycles. The Morgan fingerprint density at radius 3 is 2.69 bits per heavy atom. The Bertz CT molecular complexity index is 1030. The van der Waals surface area contributed by atoms with Gasteiger partial charge in [0.25, 0.3) is 0 Å². The number of rotatable bonds is 5. The van der Waals surface area contributed by atoms with E-state index in [1.54, 1.807) is 11.3 Å². The van der Waals surface area contributed by atoms with Gasteiger partial charge in [0.15, 0.2) is 5.13 Å². The maximum absolute atomic E-state index is 13.3. The second kappa shape index (κ2) is 9.83. The zero-order valence-corrected chi connectivity index (χ0v) is 22.4. The van der Waals surface area contributed by atoms with Crippen LogP contribution in [0.1, 0.15) is 55.7 Å². The van der Waals surface area contributed by atoms with Gasteiger partial charge < -0.3 is 20.2 Å². The molecule has 6 atom stereocenters. The van der Waals surface area contributed by atoms with Gasteiger partial charge in [-0.05, 0) is 49.1 Å². The van der Waals surface area contributed by atoms with Gasteiger partial charge in [-0.15, -0.1) is 11.3 Å². The first-order chi connectivity index (χ1) is 16.8. The van der Waals surface area contributed by atoms with E-state index in [0.717, 1.165) is 62.8 Å². The summed E-state index contributed by atoms with van der Waals surface area (Å²) in [6.45, 7) is 10.8. The zero-order valence-electron chi connectivity index (χ0n) is 21.5. The van der Waals surface area contributed by atoms with Gasteiger partial charge in [0.05, 0.1) is 11.8 Å². The number of piperazine rings is 1. The fourth-order valence-corrected chi connectivity index (χ4v) is 8.15. The highest BCUT2D eigenvalue weighted by atomic mass is 32.1. The first kappa shape index (κ1) is 24.7. The number of nitrogens with one attached hydrogen (secondary N) is 1. The van der Waals surface area contributed by atoms with Crippen LogP contribution < -0.4 is 5.32 Å². The van der Waals surface area contributed by atoms with E-state index >= 15 is 0 Å². The molecule has 1 saturated heterocycles. The summed E-state index contributed by atoms with van der Waals surface area (Å²) in [5, 5.41) is 16.2. The highest BCUT2D eigenvalue weighted by Crippen LogP contribution is 2.57. The van der Waals surface area contributed by atoms with Gasteiger partial charge >= 0.3 is 0 Å². The Morgan fingerprint density at radius 1 is 1.26 bits per heavy atom. The van der Waals surface area contributed by atoms with Crippen LogP contribution in [0, 0.1) is 23.2 Å². The third-order valence-corrected chi connectivity index (χ3v) is 10.1. The normalized spacial score (nSPS) is 32.0. The number of aliphatic hydroxyl groups excluding tert-OH is 1. The summed E-state index contributed by atoms with van der Waals surface area (Å²) in [5.41, 5.74) is 2.43. The van der Waals surface area contributed by atoms with Crippen LogP contribution in [0.15, 0.2) is 30.3 Å². The fourth-order valence-electron chi connectivity index (χ4n) is 6.89. The summed E-state index contributed by atoms with van der Waals surface area (Å²) in [5.74, 6) is 0.385. The summed E-state index contributed by atoms with van der Waals surface area (Å²) >= 11 is 1.78. The van der Waals surface area contributed by atoms with E-state index in [9.17, 15) is 9.90 Å². The first-order valence-electron chi connectivity index (χ1n) is 13.2. The predicted octanol–water partition coefficient (Wildman–Crippen LogP) is 4.22. The topological polar surface area (TPSA) is 68.7 Å². The Balaban J connectivity index is 1.30. The number of fused-ring (bicyclic) bond motifs is 2. The standard InChI is InChI=1S/C28H40N4O2S/c1-18(26(34)32-14-12-31(4)13-15-32)21-10-11-28(3)16-22-24(19(2)23(28)25(21)33)30-27(35-22)29-17-20-8-6-5-7-9-20/h5-9,18-19,21,23,25,33H,10-17H2,1-4H3,(H,29,30)/t18-,19-,21-,23+,25-,28-/m0/s1. The highest BCUT2D eigenvalue weighted by molar-refractivity contribution is 7.15. The number of carbonyl (C=O) groups is 1. The lowest BCUT2D eigenvalue weighted by Crippen LogP contribution is -2.55. The lowest BCUT2D eigenvalue weighted by atomic mass is 9.53.